The van der Waals surface area contributed by atoms with Crippen molar-refractivity contribution in [3.8, 4) is 22.9 Å². The molecule has 0 spiro atoms. The summed E-state index contributed by atoms with van der Waals surface area (Å²) in [5.41, 5.74) is 3.41. The Hall–Kier alpha value is -2.80. The number of fused-ring (bicyclic) bond motifs is 1. The molecule has 0 aliphatic carbocycles. The van der Waals surface area contributed by atoms with Crippen LogP contribution in [0.3, 0.4) is 0 Å². The summed E-state index contributed by atoms with van der Waals surface area (Å²) in [5.74, 6) is -0.506. The Morgan fingerprint density at radius 2 is 1.95 bits per heavy atom. The van der Waals surface area contributed by atoms with Crippen LogP contribution < -0.4 is 4.74 Å². The molecule has 2 aromatic carbocycles. The number of carboxylic acid groups (broad SMARTS) is 1. The molecule has 0 aromatic heterocycles. The fraction of sp³-hybridized carbons (Fsp3) is 0.125. The van der Waals surface area contributed by atoms with Crippen LogP contribution in [0.4, 0.5) is 0 Å². The number of rotatable bonds is 2. The van der Waals surface area contributed by atoms with E-state index in [9.17, 15) is 9.90 Å². The molecule has 1 aliphatic heterocycles. The maximum Gasteiger partial charge on any atom is 0.339 e. The van der Waals surface area contributed by atoms with Crippen LogP contribution in [0.1, 0.15) is 21.5 Å². The van der Waals surface area contributed by atoms with Gasteiger partial charge in [-0.3, -0.25) is 0 Å². The van der Waals surface area contributed by atoms with Crippen molar-refractivity contribution in [2.45, 2.75) is 6.42 Å². The van der Waals surface area contributed by atoms with Gasteiger partial charge >= 0.3 is 5.97 Å². The van der Waals surface area contributed by atoms with Crippen LogP contribution in [0.5, 0.6) is 5.75 Å². The predicted molar refractivity (Wildman–Crippen MR) is 72.8 cm³/mol. The molecule has 1 heterocycles. The van der Waals surface area contributed by atoms with E-state index in [2.05, 4.69) is 6.07 Å². The van der Waals surface area contributed by atoms with E-state index in [1.807, 2.05) is 18.2 Å². The van der Waals surface area contributed by atoms with E-state index in [0.717, 1.165) is 23.1 Å². The van der Waals surface area contributed by atoms with Gasteiger partial charge in [0.15, 0.2) is 0 Å². The van der Waals surface area contributed by atoms with Crippen LogP contribution >= 0.6 is 0 Å². The van der Waals surface area contributed by atoms with Crippen molar-refractivity contribution in [2.24, 2.45) is 0 Å². The van der Waals surface area contributed by atoms with Crippen molar-refractivity contribution in [1.29, 1.82) is 5.26 Å². The van der Waals surface area contributed by atoms with Crippen LogP contribution in [0.15, 0.2) is 36.4 Å². The van der Waals surface area contributed by atoms with Gasteiger partial charge in [0, 0.05) is 6.42 Å². The number of hydrogen-bond acceptors (Lipinski definition) is 3. The van der Waals surface area contributed by atoms with Crippen LogP contribution in [-0.2, 0) is 6.42 Å². The Labute approximate surface area is 115 Å². The molecule has 0 bridgehead atoms. The molecule has 98 valence electrons. The first kappa shape index (κ1) is 12.2. The number of carboxylic acids is 1. The highest BCUT2D eigenvalue weighted by atomic mass is 16.5. The zero-order valence-electron chi connectivity index (χ0n) is 10.6. The largest absolute Gasteiger partial charge is 0.492 e. The van der Waals surface area contributed by atoms with Gasteiger partial charge < -0.3 is 9.84 Å². The Balaban J connectivity index is 2.12. The molecule has 0 radical (unpaired) electrons. The maximum absolute atomic E-state index is 11.3. The molecule has 0 unspecified atom stereocenters. The van der Waals surface area contributed by atoms with Crippen molar-refractivity contribution in [3.05, 3.63) is 53.1 Å². The van der Waals surface area contributed by atoms with Gasteiger partial charge in [0.25, 0.3) is 0 Å². The maximum atomic E-state index is 11.3. The van der Waals surface area contributed by atoms with Gasteiger partial charge in [-0.15, -0.1) is 0 Å². The van der Waals surface area contributed by atoms with Crippen molar-refractivity contribution in [1.82, 2.24) is 0 Å². The van der Waals surface area contributed by atoms with E-state index in [1.165, 1.54) is 0 Å². The first-order valence-electron chi connectivity index (χ1n) is 6.22. The van der Waals surface area contributed by atoms with E-state index in [4.69, 9.17) is 10.00 Å². The zero-order chi connectivity index (χ0) is 14.1. The minimum absolute atomic E-state index is 0.194. The van der Waals surface area contributed by atoms with Crippen molar-refractivity contribution in [2.75, 3.05) is 6.61 Å². The van der Waals surface area contributed by atoms with E-state index in [-0.39, 0.29) is 5.56 Å². The SMILES string of the molecule is N#Cc1ccc(-c2cc3c(c(C(=O)O)c2)OCC3)cc1. The molecule has 1 aliphatic rings. The second-order valence-corrected chi connectivity index (χ2v) is 4.60. The summed E-state index contributed by atoms with van der Waals surface area (Å²) in [6, 6.07) is 12.7. The van der Waals surface area contributed by atoms with Crippen molar-refractivity contribution in [3.63, 3.8) is 0 Å². The van der Waals surface area contributed by atoms with Crippen molar-refractivity contribution >= 4 is 5.97 Å². The van der Waals surface area contributed by atoms with Gasteiger partial charge in [0.05, 0.1) is 18.2 Å². The minimum atomic E-state index is -0.987. The molecule has 1 N–H and O–H groups in total. The Bertz CT molecular complexity index is 727. The number of hydrogen-bond donors (Lipinski definition) is 1. The van der Waals surface area contributed by atoms with Gasteiger partial charge in [-0.2, -0.15) is 5.26 Å². The number of ether oxygens (including phenoxy) is 1. The van der Waals surface area contributed by atoms with E-state index in [1.54, 1.807) is 18.2 Å². The third-order valence-corrected chi connectivity index (χ3v) is 3.36. The molecule has 0 atom stereocenters. The summed E-state index contributed by atoms with van der Waals surface area (Å²) in [5, 5.41) is 18.1. The number of benzene rings is 2. The Morgan fingerprint density at radius 1 is 1.20 bits per heavy atom. The lowest BCUT2D eigenvalue weighted by Crippen LogP contribution is -2.00. The van der Waals surface area contributed by atoms with Crippen molar-refractivity contribution < 1.29 is 14.6 Å². The second kappa shape index (κ2) is 4.71. The molecule has 2 aromatic rings. The zero-order valence-corrected chi connectivity index (χ0v) is 10.6. The lowest BCUT2D eigenvalue weighted by atomic mass is 9.97. The molecule has 0 saturated carbocycles. The van der Waals surface area contributed by atoms with E-state index < -0.39 is 5.97 Å². The lowest BCUT2D eigenvalue weighted by molar-refractivity contribution is 0.0693. The summed E-state index contributed by atoms with van der Waals surface area (Å²) in [6.07, 6.45) is 0.722. The first-order valence-corrected chi connectivity index (χ1v) is 6.22. The van der Waals surface area contributed by atoms with E-state index in [0.29, 0.717) is 17.9 Å². The van der Waals surface area contributed by atoms with Crippen LogP contribution in [-0.4, -0.2) is 17.7 Å². The molecule has 0 fully saturated rings. The first-order chi connectivity index (χ1) is 9.69. The molecular formula is C16H11NO3. The third kappa shape index (κ3) is 1.99. The molecule has 3 rings (SSSR count). The fourth-order valence-corrected chi connectivity index (χ4v) is 2.37. The Morgan fingerprint density at radius 3 is 2.60 bits per heavy atom. The molecule has 4 nitrogen and oxygen atoms in total. The number of carbonyl (C=O) groups is 1. The average Bonchev–Trinajstić information content (AvgIpc) is 2.94. The number of nitriles is 1. The smallest absolute Gasteiger partial charge is 0.339 e. The minimum Gasteiger partial charge on any atom is -0.492 e. The van der Waals surface area contributed by atoms with Gasteiger partial charge in [-0.1, -0.05) is 12.1 Å². The summed E-state index contributed by atoms with van der Waals surface area (Å²) >= 11 is 0. The van der Waals surface area contributed by atoms with Gasteiger partial charge in [0.2, 0.25) is 0 Å². The average molecular weight is 265 g/mol. The number of aromatic carboxylic acids is 1. The number of nitrogens with zero attached hydrogens (tertiary/aromatic N) is 1. The molecule has 20 heavy (non-hydrogen) atoms. The molecule has 4 heteroatoms. The summed E-state index contributed by atoms with van der Waals surface area (Å²) in [4.78, 5) is 11.3. The highest BCUT2D eigenvalue weighted by Gasteiger charge is 2.22. The molecular weight excluding hydrogens is 254 g/mol. The predicted octanol–water partition coefficient (Wildman–Crippen LogP) is 2.86. The lowest BCUT2D eigenvalue weighted by Gasteiger charge is -2.08. The summed E-state index contributed by atoms with van der Waals surface area (Å²) in [7, 11) is 0. The Kier molecular flexibility index (Phi) is 2.88. The van der Waals surface area contributed by atoms with Gasteiger partial charge in [-0.25, -0.2) is 4.79 Å². The highest BCUT2D eigenvalue weighted by molar-refractivity contribution is 5.93. The van der Waals surface area contributed by atoms with E-state index >= 15 is 0 Å². The van der Waals surface area contributed by atoms with Crippen LogP contribution in [0.2, 0.25) is 0 Å². The van der Waals surface area contributed by atoms with Gasteiger partial charge in [0.1, 0.15) is 11.3 Å². The molecule has 0 amide bonds. The van der Waals surface area contributed by atoms with Gasteiger partial charge in [-0.05, 0) is 41.0 Å². The summed E-state index contributed by atoms with van der Waals surface area (Å²) < 4.78 is 5.39. The normalized spacial score (nSPS) is 12.3. The monoisotopic (exact) mass is 265 g/mol. The highest BCUT2D eigenvalue weighted by Crippen LogP contribution is 2.34. The standard InChI is InChI=1S/C16H11NO3/c17-9-10-1-3-11(4-2-10)13-7-12-5-6-20-15(12)14(8-13)16(18)19/h1-4,7-8H,5-6H2,(H,18,19). The third-order valence-electron chi connectivity index (χ3n) is 3.36. The quantitative estimate of drug-likeness (QED) is 0.906. The second-order valence-electron chi connectivity index (χ2n) is 4.60. The van der Waals surface area contributed by atoms with Crippen LogP contribution in [0, 0.1) is 11.3 Å². The molecule has 0 saturated heterocycles. The topological polar surface area (TPSA) is 70.3 Å². The fourth-order valence-electron chi connectivity index (χ4n) is 2.37. The summed E-state index contributed by atoms with van der Waals surface area (Å²) in [6.45, 7) is 0.520. The van der Waals surface area contributed by atoms with Crippen LogP contribution in [0.25, 0.3) is 11.1 Å².